The van der Waals surface area contributed by atoms with Gasteiger partial charge in [-0.25, -0.2) is 0 Å². The Hall–Kier alpha value is -1.82. The highest BCUT2D eigenvalue weighted by Crippen LogP contribution is 2.22. The Balaban J connectivity index is 2.69. The lowest BCUT2D eigenvalue weighted by Crippen LogP contribution is -2.15. The maximum absolute atomic E-state index is 10.7. The minimum atomic E-state index is -0.466. The number of anilines is 2. The summed E-state index contributed by atoms with van der Waals surface area (Å²) < 4.78 is 0. The molecule has 4 N–H and O–H groups in total. The van der Waals surface area contributed by atoms with Crippen LogP contribution in [0, 0.1) is 16.0 Å². The molecule has 1 unspecified atom stereocenters. The molecule has 1 aromatic carbocycles. The number of hydrogen-bond acceptors (Lipinski definition) is 5. The van der Waals surface area contributed by atoms with Gasteiger partial charge in [0, 0.05) is 36.7 Å². The number of non-ortho nitro benzene ring substituents is 1. The molecule has 0 aromatic heterocycles. The van der Waals surface area contributed by atoms with Crippen LogP contribution in [0.5, 0.6) is 0 Å². The summed E-state index contributed by atoms with van der Waals surface area (Å²) in [5.41, 5.74) is 6.59. The minimum Gasteiger partial charge on any atom is -0.398 e. The van der Waals surface area contributed by atoms with E-state index in [0.717, 1.165) is 6.42 Å². The molecule has 18 heavy (non-hydrogen) atoms. The second-order valence-electron chi connectivity index (χ2n) is 4.24. The van der Waals surface area contributed by atoms with Crippen molar-refractivity contribution in [3.8, 4) is 0 Å². The normalized spacial score (nSPS) is 12.1. The van der Waals surface area contributed by atoms with Crippen molar-refractivity contribution in [3.63, 3.8) is 0 Å². The number of nitrogen functional groups attached to an aromatic ring is 1. The Morgan fingerprint density at radius 2 is 2.22 bits per heavy atom. The number of nitrogens with zero attached hydrogens (tertiary/aromatic N) is 1. The van der Waals surface area contributed by atoms with Crippen molar-refractivity contribution in [2.45, 2.75) is 19.8 Å². The molecule has 0 fully saturated rings. The first kappa shape index (κ1) is 14.2. The van der Waals surface area contributed by atoms with Crippen LogP contribution >= 0.6 is 0 Å². The standard InChI is InChI=1S/C12H19N3O3/c1-2-9(3-4-16)8-14-11-5-10(13)6-12(7-11)15(17)18/h5-7,9,14,16H,2-4,8,13H2,1H3. The van der Waals surface area contributed by atoms with Gasteiger partial charge < -0.3 is 16.2 Å². The van der Waals surface area contributed by atoms with E-state index >= 15 is 0 Å². The second-order valence-corrected chi connectivity index (χ2v) is 4.24. The van der Waals surface area contributed by atoms with Gasteiger partial charge in [0.05, 0.1) is 4.92 Å². The van der Waals surface area contributed by atoms with Gasteiger partial charge in [-0.1, -0.05) is 13.3 Å². The third kappa shape index (κ3) is 4.21. The Morgan fingerprint density at radius 3 is 2.78 bits per heavy atom. The highest BCUT2D eigenvalue weighted by atomic mass is 16.6. The summed E-state index contributed by atoms with van der Waals surface area (Å²) >= 11 is 0. The van der Waals surface area contributed by atoms with Crippen molar-refractivity contribution >= 4 is 17.1 Å². The zero-order valence-corrected chi connectivity index (χ0v) is 10.4. The number of aliphatic hydroxyl groups excluding tert-OH is 1. The van der Waals surface area contributed by atoms with E-state index in [1.807, 2.05) is 6.92 Å². The molecule has 1 rings (SSSR count). The van der Waals surface area contributed by atoms with E-state index < -0.39 is 4.92 Å². The predicted octanol–water partition coefficient (Wildman–Crippen LogP) is 2.00. The summed E-state index contributed by atoms with van der Waals surface area (Å²) in [5.74, 6) is 0.343. The van der Waals surface area contributed by atoms with Crippen LogP contribution < -0.4 is 11.1 Å². The van der Waals surface area contributed by atoms with Gasteiger partial charge in [-0.3, -0.25) is 10.1 Å². The van der Waals surface area contributed by atoms with E-state index in [-0.39, 0.29) is 12.3 Å². The van der Waals surface area contributed by atoms with Crippen LogP contribution in [0.1, 0.15) is 19.8 Å². The fourth-order valence-corrected chi connectivity index (χ4v) is 1.74. The lowest BCUT2D eigenvalue weighted by molar-refractivity contribution is -0.384. The van der Waals surface area contributed by atoms with Crippen LogP contribution in [-0.4, -0.2) is 23.2 Å². The highest BCUT2D eigenvalue weighted by Gasteiger charge is 2.10. The van der Waals surface area contributed by atoms with Gasteiger partial charge in [-0.15, -0.1) is 0 Å². The van der Waals surface area contributed by atoms with Crippen LogP contribution in [0.2, 0.25) is 0 Å². The monoisotopic (exact) mass is 253 g/mol. The molecule has 1 atom stereocenters. The fourth-order valence-electron chi connectivity index (χ4n) is 1.74. The molecule has 6 nitrogen and oxygen atoms in total. The molecule has 0 radical (unpaired) electrons. The van der Waals surface area contributed by atoms with Gasteiger partial charge in [0.25, 0.3) is 5.69 Å². The molecule has 0 heterocycles. The first-order valence-electron chi connectivity index (χ1n) is 5.96. The summed E-state index contributed by atoms with van der Waals surface area (Å²) in [6.45, 7) is 2.86. The first-order chi connectivity index (χ1) is 8.56. The molecular weight excluding hydrogens is 234 g/mol. The summed E-state index contributed by atoms with van der Waals surface area (Å²) in [6.07, 6.45) is 1.66. The first-order valence-corrected chi connectivity index (χ1v) is 5.96. The molecule has 100 valence electrons. The van der Waals surface area contributed by atoms with Gasteiger partial charge in [-0.2, -0.15) is 0 Å². The highest BCUT2D eigenvalue weighted by molar-refractivity contribution is 5.61. The predicted molar refractivity (Wildman–Crippen MR) is 71.5 cm³/mol. The number of nitrogens with two attached hydrogens (primary N) is 1. The van der Waals surface area contributed by atoms with E-state index in [4.69, 9.17) is 10.8 Å². The largest absolute Gasteiger partial charge is 0.398 e. The SMILES string of the molecule is CCC(CCO)CNc1cc(N)cc([N+](=O)[O-])c1. The molecule has 0 amide bonds. The quantitative estimate of drug-likeness (QED) is 0.392. The maximum Gasteiger partial charge on any atom is 0.273 e. The average Bonchev–Trinajstić information content (AvgIpc) is 2.33. The van der Waals surface area contributed by atoms with Crippen molar-refractivity contribution in [1.29, 1.82) is 0 Å². The van der Waals surface area contributed by atoms with Crippen LogP contribution in [0.4, 0.5) is 17.1 Å². The van der Waals surface area contributed by atoms with Gasteiger partial charge in [-0.05, 0) is 18.4 Å². The molecule has 0 saturated carbocycles. The number of nitro benzene ring substituents is 1. The summed E-state index contributed by atoms with van der Waals surface area (Å²) in [4.78, 5) is 10.2. The smallest absolute Gasteiger partial charge is 0.273 e. The third-order valence-corrected chi connectivity index (χ3v) is 2.86. The number of nitro groups is 1. The minimum absolute atomic E-state index is 0.0206. The lowest BCUT2D eigenvalue weighted by atomic mass is 10.0. The van der Waals surface area contributed by atoms with Crippen molar-refractivity contribution < 1.29 is 10.0 Å². The van der Waals surface area contributed by atoms with Crippen LogP contribution in [-0.2, 0) is 0 Å². The Kier molecular flexibility index (Phi) is 5.38. The number of nitrogens with one attached hydrogen (secondary N) is 1. The van der Waals surface area contributed by atoms with E-state index in [1.54, 1.807) is 6.07 Å². The molecular formula is C12H19N3O3. The second kappa shape index (κ2) is 6.80. The average molecular weight is 253 g/mol. The van der Waals surface area contributed by atoms with Gasteiger partial charge in [0.15, 0.2) is 0 Å². The zero-order valence-electron chi connectivity index (χ0n) is 10.4. The Labute approximate surface area is 106 Å². The molecule has 0 saturated heterocycles. The number of benzene rings is 1. The van der Waals surface area contributed by atoms with Gasteiger partial charge in [0.1, 0.15) is 0 Å². The van der Waals surface area contributed by atoms with Crippen molar-refractivity contribution in [1.82, 2.24) is 0 Å². The maximum atomic E-state index is 10.7. The summed E-state index contributed by atoms with van der Waals surface area (Å²) in [5, 5.41) is 22.7. The van der Waals surface area contributed by atoms with E-state index in [9.17, 15) is 10.1 Å². The number of hydrogen-bond donors (Lipinski definition) is 3. The van der Waals surface area contributed by atoms with Crippen LogP contribution in [0.15, 0.2) is 18.2 Å². The third-order valence-electron chi connectivity index (χ3n) is 2.86. The lowest BCUT2D eigenvalue weighted by Gasteiger charge is -2.15. The van der Waals surface area contributed by atoms with Crippen LogP contribution in [0.25, 0.3) is 0 Å². The molecule has 0 spiro atoms. The van der Waals surface area contributed by atoms with E-state index in [2.05, 4.69) is 5.32 Å². The topological polar surface area (TPSA) is 101 Å². The van der Waals surface area contributed by atoms with E-state index in [1.165, 1.54) is 12.1 Å². The molecule has 0 aliphatic carbocycles. The van der Waals surface area contributed by atoms with Crippen molar-refractivity contribution in [3.05, 3.63) is 28.3 Å². The van der Waals surface area contributed by atoms with Gasteiger partial charge >= 0.3 is 0 Å². The molecule has 0 aliphatic heterocycles. The molecule has 0 bridgehead atoms. The number of aliphatic hydroxyl groups is 1. The summed E-state index contributed by atoms with van der Waals surface area (Å²) in [7, 11) is 0. The fraction of sp³-hybridized carbons (Fsp3) is 0.500. The van der Waals surface area contributed by atoms with Crippen LogP contribution in [0.3, 0.4) is 0 Å². The Morgan fingerprint density at radius 1 is 1.50 bits per heavy atom. The zero-order chi connectivity index (χ0) is 13.5. The molecule has 6 heteroatoms. The Bertz CT molecular complexity index is 410. The van der Waals surface area contributed by atoms with Gasteiger partial charge in [0.2, 0.25) is 0 Å². The van der Waals surface area contributed by atoms with E-state index in [0.29, 0.717) is 30.3 Å². The molecule has 0 aliphatic rings. The number of rotatable bonds is 7. The van der Waals surface area contributed by atoms with Crippen molar-refractivity contribution in [2.24, 2.45) is 5.92 Å². The summed E-state index contributed by atoms with van der Waals surface area (Å²) in [6, 6.07) is 4.46. The van der Waals surface area contributed by atoms with Crippen molar-refractivity contribution in [2.75, 3.05) is 24.2 Å². The molecule has 1 aromatic rings.